The SMILES string of the molecule is C=C1CC2CC1C1CCC(=C)C21. The van der Waals surface area contributed by atoms with Crippen molar-refractivity contribution in [3.05, 3.63) is 24.3 Å². The third-order valence-electron chi connectivity index (χ3n) is 4.36. The summed E-state index contributed by atoms with van der Waals surface area (Å²) < 4.78 is 0. The van der Waals surface area contributed by atoms with Crippen LogP contribution in [0.2, 0.25) is 0 Å². The first-order valence-electron chi connectivity index (χ1n) is 5.12. The first kappa shape index (κ1) is 6.94. The Hall–Kier alpha value is -0.520. The van der Waals surface area contributed by atoms with Crippen molar-refractivity contribution in [2.75, 3.05) is 0 Å². The molecule has 64 valence electrons. The van der Waals surface area contributed by atoms with Crippen molar-refractivity contribution in [1.29, 1.82) is 0 Å². The van der Waals surface area contributed by atoms with E-state index in [1.807, 2.05) is 0 Å². The molecule has 0 aromatic carbocycles. The van der Waals surface area contributed by atoms with Crippen molar-refractivity contribution in [3.63, 3.8) is 0 Å². The van der Waals surface area contributed by atoms with Crippen LogP contribution in [0.3, 0.4) is 0 Å². The van der Waals surface area contributed by atoms with Gasteiger partial charge in [0.2, 0.25) is 0 Å². The lowest BCUT2D eigenvalue weighted by Gasteiger charge is -2.26. The number of fused-ring (bicyclic) bond motifs is 5. The number of hydrogen-bond donors (Lipinski definition) is 0. The molecule has 0 aromatic heterocycles. The van der Waals surface area contributed by atoms with Gasteiger partial charge in [-0.3, -0.25) is 0 Å². The molecule has 0 aliphatic heterocycles. The van der Waals surface area contributed by atoms with Crippen LogP contribution in [0, 0.1) is 23.7 Å². The summed E-state index contributed by atoms with van der Waals surface area (Å²) in [5, 5.41) is 0. The Morgan fingerprint density at radius 3 is 2.83 bits per heavy atom. The number of allylic oxidation sites excluding steroid dienone is 2. The molecule has 0 aromatic rings. The Kier molecular flexibility index (Phi) is 1.18. The minimum absolute atomic E-state index is 0.888. The molecule has 4 atom stereocenters. The predicted molar refractivity (Wildman–Crippen MR) is 50.7 cm³/mol. The summed E-state index contributed by atoms with van der Waals surface area (Å²) in [6.07, 6.45) is 5.46. The summed E-state index contributed by atoms with van der Waals surface area (Å²) in [6.45, 7) is 8.40. The van der Waals surface area contributed by atoms with Crippen molar-refractivity contribution in [1.82, 2.24) is 0 Å². The van der Waals surface area contributed by atoms with E-state index in [0.717, 1.165) is 23.7 Å². The molecule has 3 rings (SSSR count). The van der Waals surface area contributed by atoms with Gasteiger partial charge in [0.25, 0.3) is 0 Å². The zero-order valence-electron chi connectivity index (χ0n) is 7.55. The predicted octanol–water partition coefficient (Wildman–Crippen LogP) is 3.16. The summed E-state index contributed by atoms with van der Waals surface area (Å²) in [5.41, 5.74) is 3.11. The molecule has 0 heterocycles. The molecule has 2 bridgehead atoms. The smallest absolute Gasteiger partial charge is 0.0140 e. The van der Waals surface area contributed by atoms with Crippen LogP contribution in [0.5, 0.6) is 0 Å². The minimum Gasteiger partial charge on any atom is -0.0996 e. The van der Waals surface area contributed by atoms with Crippen LogP contribution in [-0.2, 0) is 0 Å². The number of rotatable bonds is 0. The molecule has 3 aliphatic rings. The van der Waals surface area contributed by atoms with Gasteiger partial charge in [-0.15, -0.1) is 0 Å². The van der Waals surface area contributed by atoms with E-state index in [1.165, 1.54) is 25.7 Å². The van der Waals surface area contributed by atoms with Crippen LogP contribution in [-0.4, -0.2) is 0 Å². The zero-order chi connectivity index (χ0) is 8.29. The molecule has 3 saturated carbocycles. The van der Waals surface area contributed by atoms with Gasteiger partial charge in [0.1, 0.15) is 0 Å². The fraction of sp³-hybridized carbons (Fsp3) is 0.667. The second-order valence-corrected chi connectivity index (χ2v) is 4.85. The highest BCUT2D eigenvalue weighted by atomic mass is 14.6. The van der Waals surface area contributed by atoms with Gasteiger partial charge < -0.3 is 0 Å². The Labute approximate surface area is 74.4 Å². The van der Waals surface area contributed by atoms with Crippen LogP contribution in [0.25, 0.3) is 0 Å². The highest BCUT2D eigenvalue weighted by Gasteiger charge is 2.52. The molecular formula is C12H16. The van der Waals surface area contributed by atoms with Crippen LogP contribution in [0.15, 0.2) is 24.3 Å². The van der Waals surface area contributed by atoms with Crippen molar-refractivity contribution in [2.45, 2.75) is 25.7 Å². The summed E-state index contributed by atoms with van der Waals surface area (Å²) in [6, 6.07) is 0. The summed E-state index contributed by atoms with van der Waals surface area (Å²) in [4.78, 5) is 0. The van der Waals surface area contributed by atoms with Crippen LogP contribution >= 0.6 is 0 Å². The van der Waals surface area contributed by atoms with Gasteiger partial charge in [0.05, 0.1) is 0 Å². The Morgan fingerprint density at radius 1 is 1.17 bits per heavy atom. The molecule has 0 heteroatoms. The standard InChI is InChI=1S/C12H16/c1-7-3-4-10-11-6-9(12(7)10)5-8(11)2/h9-12H,1-6H2. The molecule has 0 saturated heterocycles. The monoisotopic (exact) mass is 160 g/mol. The Morgan fingerprint density at radius 2 is 2.00 bits per heavy atom. The van der Waals surface area contributed by atoms with Gasteiger partial charge in [-0.2, -0.15) is 0 Å². The second-order valence-electron chi connectivity index (χ2n) is 4.85. The van der Waals surface area contributed by atoms with E-state index < -0.39 is 0 Å². The Balaban J connectivity index is 1.99. The van der Waals surface area contributed by atoms with E-state index in [1.54, 1.807) is 11.1 Å². The van der Waals surface area contributed by atoms with E-state index in [2.05, 4.69) is 13.2 Å². The first-order valence-corrected chi connectivity index (χ1v) is 5.12. The van der Waals surface area contributed by atoms with Gasteiger partial charge in [-0.25, -0.2) is 0 Å². The van der Waals surface area contributed by atoms with Crippen LogP contribution < -0.4 is 0 Å². The molecular weight excluding hydrogens is 144 g/mol. The third-order valence-corrected chi connectivity index (χ3v) is 4.36. The highest BCUT2D eigenvalue weighted by Crippen LogP contribution is 2.61. The molecule has 3 fully saturated rings. The van der Waals surface area contributed by atoms with Crippen LogP contribution in [0.1, 0.15) is 25.7 Å². The van der Waals surface area contributed by atoms with Crippen molar-refractivity contribution in [2.24, 2.45) is 23.7 Å². The topological polar surface area (TPSA) is 0 Å². The quantitative estimate of drug-likeness (QED) is 0.477. The molecule has 4 unspecified atom stereocenters. The summed E-state index contributed by atoms with van der Waals surface area (Å²) >= 11 is 0. The molecule has 0 spiro atoms. The fourth-order valence-electron chi connectivity index (χ4n) is 3.95. The lowest BCUT2D eigenvalue weighted by molar-refractivity contribution is 0.337. The molecule has 0 amide bonds. The highest BCUT2D eigenvalue weighted by molar-refractivity contribution is 5.26. The van der Waals surface area contributed by atoms with E-state index in [0.29, 0.717) is 0 Å². The Bertz CT molecular complexity index is 261. The maximum Gasteiger partial charge on any atom is -0.0140 e. The van der Waals surface area contributed by atoms with Crippen molar-refractivity contribution < 1.29 is 0 Å². The average Bonchev–Trinajstić information content (AvgIpc) is 2.62. The molecule has 3 aliphatic carbocycles. The second kappa shape index (κ2) is 2.04. The van der Waals surface area contributed by atoms with Gasteiger partial charge in [0, 0.05) is 0 Å². The minimum atomic E-state index is 0.888. The van der Waals surface area contributed by atoms with E-state index in [-0.39, 0.29) is 0 Å². The fourth-order valence-corrected chi connectivity index (χ4v) is 3.95. The molecule has 0 N–H and O–H groups in total. The molecule has 12 heavy (non-hydrogen) atoms. The van der Waals surface area contributed by atoms with Crippen molar-refractivity contribution >= 4 is 0 Å². The third kappa shape index (κ3) is 0.646. The first-order chi connectivity index (χ1) is 5.77. The van der Waals surface area contributed by atoms with Gasteiger partial charge in [0.15, 0.2) is 0 Å². The van der Waals surface area contributed by atoms with Gasteiger partial charge >= 0.3 is 0 Å². The van der Waals surface area contributed by atoms with Gasteiger partial charge in [-0.1, -0.05) is 24.3 Å². The van der Waals surface area contributed by atoms with Crippen LogP contribution in [0.4, 0.5) is 0 Å². The molecule has 0 radical (unpaired) electrons. The average molecular weight is 160 g/mol. The van der Waals surface area contributed by atoms with E-state index >= 15 is 0 Å². The normalized spacial score (nSPS) is 50.3. The summed E-state index contributed by atoms with van der Waals surface area (Å²) in [5.74, 6) is 3.70. The lowest BCUT2D eigenvalue weighted by atomic mass is 9.78. The lowest BCUT2D eigenvalue weighted by Crippen LogP contribution is -2.18. The van der Waals surface area contributed by atoms with Gasteiger partial charge in [-0.05, 0) is 49.4 Å². The molecule has 0 nitrogen and oxygen atoms in total. The maximum atomic E-state index is 4.21. The van der Waals surface area contributed by atoms with E-state index in [4.69, 9.17) is 0 Å². The van der Waals surface area contributed by atoms with Crippen molar-refractivity contribution in [3.8, 4) is 0 Å². The largest absolute Gasteiger partial charge is 0.0996 e. The number of hydrogen-bond acceptors (Lipinski definition) is 0. The van der Waals surface area contributed by atoms with E-state index in [9.17, 15) is 0 Å². The maximum absolute atomic E-state index is 4.21. The summed E-state index contributed by atoms with van der Waals surface area (Å²) in [7, 11) is 0. The zero-order valence-corrected chi connectivity index (χ0v) is 7.55.